The molecule has 0 aromatic heterocycles. The first kappa shape index (κ1) is 15.1. The summed E-state index contributed by atoms with van der Waals surface area (Å²) in [7, 11) is -4.00. The van der Waals surface area contributed by atoms with E-state index in [4.69, 9.17) is 6.42 Å². The van der Waals surface area contributed by atoms with Crippen molar-refractivity contribution in [3.05, 3.63) is 34.1 Å². The second-order valence-corrected chi connectivity index (χ2v) is 5.33. The van der Waals surface area contributed by atoms with Crippen molar-refractivity contribution in [3.8, 4) is 12.3 Å². The van der Waals surface area contributed by atoms with Crippen molar-refractivity contribution in [1.29, 1.82) is 0 Å². The van der Waals surface area contributed by atoms with E-state index in [0.717, 1.165) is 12.1 Å². The Morgan fingerprint density at radius 2 is 2.21 bits per heavy atom. The van der Waals surface area contributed by atoms with Crippen LogP contribution < -0.4 is 4.72 Å². The Kier molecular flexibility index (Phi) is 4.58. The molecular formula is C11H11FN2O4S. The van der Waals surface area contributed by atoms with Gasteiger partial charge in [0, 0.05) is 12.1 Å². The highest BCUT2D eigenvalue weighted by molar-refractivity contribution is 7.89. The highest BCUT2D eigenvalue weighted by atomic mass is 32.2. The summed E-state index contributed by atoms with van der Waals surface area (Å²) in [6, 6.07) is 1.61. The zero-order chi connectivity index (χ0) is 14.6. The lowest BCUT2D eigenvalue weighted by Crippen LogP contribution is -2.33. The molecule has 0 fully saturated rings. The van der Waals surface area contributed by atoms with Crippen LogP contribution in [-0.4, -0.2) is 19.4 Å². The van der Waals surface area contributed by atoms with E-state index >= 15 is 0 Å². The Morgan fingerprint density at radius 1 is 1.58 bits per heavy atom. The van der Waals surface area contributed by atoms with Crippen molar-refractivity contribution >= 4 is 15.7 Å². The zero-order valence-corrected chi connectivity index (χ0v) is 10.8. The Morgan fingerprint density at radius 3 is 2.63 bits per heavy atom. The molecule has 0 aliphatic heterocycles. The molecule has 0 aliphatic carbocycles. The predicted molar refractivity (Wildman–Crippen MR) is 66.3 cm³/mol. The van der Waals surface area contributed by atoms with Crippen LogP contribution in [0.4, 0.5) is 10.1 Å². The molecule has 0 bridgehead atoms. The summed E-state index contributed by atoms with van der Waals surface area (Å²) in [5.74, 6) is 1.01. The minimum Gasteiger partial charge on any atom is -0.258 e. The number of halogens is 1. The van der Waals surface area contributed by atoms with E-state index < -0.39 is 37.4 Å². The van der Waals surface area contributed by atoms with Gasteiger partial charge in [0.15, 0.2) is 0 Å². The van der Waals surface area contributed by atoms with Crippen LogP contribution in [0.15, 0.2) is 23.1 Å². The van der Waals surface area contributed by atoms with E-state index in [1.165, 1.54) is 0 Å². The maximum atomic E-state index is 13.4. The third kappa shape index (κ3) is 3.49. The quantitative estimate of drug-likeness (QED) is 0.503. The number of hydrogen-bond donors (Lipinski definition) is 1. The summed E-state index contributed by atoms with van der Waals surface area (Å²) in [6.07, 6.45) is 5.49. The number of nitrogens with one attached hydrogen (secondary N) is 1. The topological polar surface area (TPSA) is 89.3 Å². The van der Waals surface area contributed by atoms with Gasteiger partial charge in [-0.3, -0.25) is 10.1 Å². The first-order valence-corrected chi connectivity index (χ1v) is 6.72. The third-order valence-corrected chi connectivity index (χ3v) is 3.80. The molecule has 6 nitrogen and oxygen atoms in total. The first-order valence-electron chi connectivity index (χ1n) is 5.24. The minimum absolute atomic E-state index is 0.366. The Balaban J connectivity index is 3.14. The lowest BCUT2D eigenvalue weighted by atomic mass is 10.3. The zero-order valence-electron chi connectivity index (χ0n) is 9.96. The molecule has 0 aliphatic rings. The molecule has 0 saturated carbocycles. The van der Waals surface area contributed by atoms with Gasteiger partial charge in [-0.25, -0.2) is 8.42 Å². The van der Waals surface area contributed by atoms with Gasteiger partial charge in [0.1, 0.15) is 0 Å². The van der Waals surface area contributed by atoms with E-state index in [1.807, 2.05) is 0 Å². The molecule has 1 unspecified atom stereocenters. The van der Waals surface area contributed by atoms with Crippen LogP contribution in [0.5, 0.6) is 0 Å². The van der Waals surface area contributed by atoms with Crippen LogP contribution in [0.3, 0.4) is 0 Å². The summed E-state index contributed by atoms with van der Waals surface area (Å²) >= 11 is 0. The van der Waals surface area contributed by atoms with Gasteiger partial charge in [0.05, 0.1) is 15.9 Å². The average molecular weight is 286 g/mol. The first-order chi connectivity index (χ1) is 8.81. The van der Waals surface area contributed by atoms with Crippen LogP contribution >= 0.6 is 0 Å². The van der Waals surface area contributed by atoms with E-state index in [2.05, 4.69) is 10.6 Å². The van der Waals surface area contributed by atoms with E-state index in [0.29, 0.717) is 12.5 Å². The fraction of sp³-hybridized carbons (Fsp3) is 0.273. The number of sulfonamides is 1. The molecular weight excluding hydrogens is 275 g/mol. The minimum atomic E-state index is -4.00. The van der Waals surface area contributed by atoms with Gasteiger partial charge >= 0.3 is 5.69 Å². The van der Waals surface area contributed by atoms with Crippen molar-refractivity contribution in [2.75, 3.05) is 0 Å². The maximum absolute atomic E-state index is 13.4. The third-order valence-electron chi connectivity index (χ3n) is 2.33. The number of terminal acetylenes is 1. The van der Waals surface area contributed by atoms with Crippen molar-refractivity contribution in [3.63, 3.8) is 0 Å². The summed E-state index contributed by atoms with van der Waals surface area (Å²) in [5, 5.41) is 10.4. The number of nitro groups is 1. The molecule has 1 aromatic rings. The van der Waals surface area contributed by atoms with Crippen LogP contribution in [0, 0.1) is 28.3 Å². The van der Waals surface area contributed by atoms with E-state index in [9.17, 15) is 22.9 Å². The molecule has 0 heterocycles. The molecule has 0 spiro atoms. The monoisotopic (exact) mass is 286 g/mol. The number of hydrogen-bond acceptors (Lipinski definition) is 4. The van der Waals surface area contributed by atoms with Crippen LogP contribution in [0.2, 0.25) is 0 Å². The van der Waals surface area contributed by atoms with Crippen molar-refractivity contribution < 1.29 is 17.7 Å². The average Bonchev–Trinajstić information content (AvgIpc) is 2.35. The largest absolute Gasteiger partial charge is 0.304 e. The maximum Gasteiger partial charge on any atom is 0.304 e. The molecule has 1 rings (SSSR count). The predicted octanol–water partition coefficient (Wildman–Crippen LogP) is 1.42. The van der Waals surface area contributed by atoms with Crippen LogP contribution in [-0.2, 0) is 10.0 Å². The van der Waals surface area contributed by atoms with Gasteiger partial charge in [-0.15, -0.1) is 6.42 Å². The van der Waals surface area contributed by atoms with Gasteiger partial charge < -0.3 is 0 Å². The Labute approximate surface area is 109 Å². The van der Waals surface area contributed by atoms with Gasteiger partial charge in [0.25, 0.3) is 0 Å². The molecule has 8 heteroatoms. The summed E-state index contributed by atoms with van der Waals surface area (Å²) in [6.45, 7) is 1.68. The molecule has 102 valence electrons. The highest BCUT2D eigenvalue weighted by Crippen LogP contribution is 2.20. The highest BCUT2D eigenvalue weighted by Gasteiger charge is 2.22. The second-order valence-electron chi connectivity index (χ2n) is 3.62. The SMILES string of the molecule is C#CC(CC)NS(=O)(=O)c1ccc([N+](=O)[O-])c(F)c1. The number of nitro benzene ring substituents is 1. The molecule has 1 N–H and O–H groups in total. The fourth-order valence-corrected chi connectivity index (χ4v) is 2.54. The summed E-state index contributed by atoms with van der Waals surface area (Å²) < 4.78 is 39.2. The van der Waals surface area contributed by atoms with Gasteiger partial charge in [0.2, 0.25) is 15.8 Å². The van der Waals surface area contributed by atoms with Gasteiger partial charge in [-0.2, -0.15) is 9.11 Å². The second kappa shape index (κ2) is 5.77. The molecule has 19 heavy (non-hydrogen) atoms. The van der Waals surface area contributed by atoms with Gasteiger partial charge in [-0.1, -0.05) is 12.8 Å². The van der Waals surface area contributed by atoms with Crippen molar-refractivity contribution in [2.45, 2.75) is 24.3 Å². The smallest absolute Gasteiger partial charge is 0.258 e. The lowest BCUT2D eigenvalue weighted by Gasteiger charge is -2.11. The number of nitrogens with zero attached hydrogens (tertiary/aromatic N) is 1. The number of rotatable bonds is 5. The standard InChI is InChI=1S/C11H11FN2O4S/c1-3-8(4-2)13-19(17,18)9-5-6-11(14(15)16)10(12)7-9/h1,5-8,13H,4H2,2H3. The summed E-state index contributed by atoms with van der Waals surface area (Å²) in [5.41, 5.74) is -0.789. The molecule has 0 radical (unpaired) electrons. The Hall–Kier alpha value is -1.98. The van der Waals surface area contributed by atoms with Crippen molar-refractivity contribution in [1.82, 2.24) is 4.72 Å². The number of benzene rings is 1. The fourth-order valence-electron chi connectivity index (χ4n) is 1.29. The molecule has 1 aromatic carbocycles. The van der Waals surface area contributed by atoms with E-state index in [-0.39, 0.29) is 0 Å². The molecule has 1 atom stereocenters. The summed E-state index contributed by atoms with van der Waals surface area (Å²) in [4.78, 5) is 9.08. The normalized spacial score (nSPS) is 12.7. The van der Waals surface area contributed by atoms with E-state index in [1.54, 1.807) is 6.92 Å². The van der Waals surface area contributed by atoms with Crippen LogP contribution in [0.25, 0.3) is 0 Å². The van der Waals surface area contributed by atoms with Crippen LogP contribution in [0.1, 0.15) is 13.3 Å². The molecule has 0 amide bonds. The Bertz CT molecular complexity index is 637. The molecule has 0 saturated heterocycles. The lowest BCUT2D eigenvalue weighted by molar-refractivity contribution is -0.387. The van der Waals surface area contributed by atoms with Crippen molar-refractivity contribution in [2.24, 2.45) is 0 Å². The van der Waals surface area contributed by atoms with Gasteiger partial charge in [-0.05, 0) is 12.5 Å².